The van der Waals surface area contributed by atoms with Crippen molar-refractivity contribution in [2.24, 2.45) is 0 Å². The second kappa shape index (κ2) is 8.21. The molecule has 0 saturated heterocycles. The Kier molecular flexibility index (Phi) is 5.53. The lowest BCUT2D eigenvalue weighted by atomic mass is 9.96. The second-order valence-electron chi connectivity index (χ2n) is 8.00. The first-order valence-electron chi connectivity index (χ1n) is 10.1. The van der Waals surface area contributed by atoms with Crippen molar-refractivity contribution in [3.63, 3.8) is 0 Å². The van der Waals surface area contributed by atoms with Crippen molar-refractivity contribution in [2.75, 3.05) is 43.9 Å². The summed E-state index contributed by atoms with van der Waals surface area (Å²) in [5, 5.41) is 3.56. The third-order valence-electron chi connectivity index (χ3n) is 5.68. The molecular formula is C21H30N6. The first kappa shape index (κ1) is 18.2. The van der Waals surface area contributed by atoms with Gasteiger partial charge in [-0.1, -0.05) is 25.3 Å². The average molecular weight is 367 g/mol. The third kappa shape index (κ3) is 4.21. The SMILES string of the molecule is CN(C)CCN1CC(c2ccnc(NC3CCCCC3)n2)c2cccnc21. The summed E-state index contributed by atoms with van der Waals surface area (Å²) < 4.78 is 0. The van der Waals surface area contributed by atoms with Crippen LogP contribution in [0.25, 0.3) is 0 Å². The number of hydrogen-bond acceptors (Lipinski definition) is 6. The molecule has 0 bridgehead atoms. The van der Waals surface area contributed by atoms with E-state index in [9.17, 15) is 0 Å². The monoisotopic (exact) mass is 366 g/mol. The molecule has 2 aliphatic rings. The Morgan fingerprint density at radius 1 is 1.11 bits per heavy atom. The summed E-state index contributed by atoms with van der Waals surface area (Å²) in [6.07, 6.45) is 10.2. The van der Waals surface area contributed by atoms with E-state index >= 15 is 0 Å². The van der Waals surface area contributed by atoms with Gasteiger partial charge in [0.1, 0.15) is 5.82 Å². The van der Waals surface area contributed by atoms with E-state index in [0.29, 0.717) is 6.04 Å². The van der Waals surface area contributed by atoms with E-state index in [1.165, 1.54) is 37.7 Å². The number of likely N-dealkylation sites (N-methyl/N-ethyl adjacent to an activating group) is 1. The smallest absolute Gasteiger partial charge is 0.223 e. The summed E-state index contributed by atoms with van der Waals surface area (Å²) in [5.74, 6) is 2.13. The summed E-state index contributed by atoms with van der Waals surface area (Å²) in [6, 6.07) is 6.80. The van der Waals surface area contributed by atoms with Gasteiger partial charge in [0.15, 0.2) is 0 Å². The van der Waals surface area contributed by atoms with Crippen LogP contribution in [-0.2, 0) is 0 Å². The molecule has 144 valence electrons. The normalized spacial score (nSPS) is 20.1. The minimum absolute atomic E-state index is 0.255. The van der Waals surface area contributed by atoms with Gasteiger partial charge in [-0.25, -0.2) is 15.0 Å². The Morgan fingerprint density at radius 3 is 2.78 bits per heavy atom. The van der Waals surface area contributed by atoms with Gasteiger partial charge in [0, 0.05) is 49.6 Å². The molecule has 1 fully saturated rings. The summed E-state index contributed by atoms with van der Waals surface area (Å²) in [4.78, 5) is 18.6. The van der Waals surface area contributed by atoms with Crippen LogP contribution in [0.2, 0.25) is 0 Å². The number of rotatable bonds is 6. The first-order chi connectivity index (χ1) is 13.2. The number of anilines is 2. The van der Waals surface area contributed by atoms with Gasteiger partial charge in [-0.3, -0.25) is 0 Å². The summed E-state index contributed by atoms with van der Waals surface area (Å²) in [6.45, 7) is 2.92. The van der Waals surface area contributed by atoms with E-state index in [1.807, 2.05) is 18.5 Å². The highest BCUT2D eigenvalue weighted by molar-refractivity contribution is 5.57. The van der Waals surface area contributed by atoms with E-state index in [4.69, 9.17) is 4.98 Å². The fourth-order valence-electron chi connectivity index (χ4n) is 4.19. The summed E-state index contributed by atoms with van der Waals surface area (Å²) in [7, 11) is 4.22. The van der Waals surface area contributed by atoms with E-state index in [-0.39, 0.29) is 5.92 Å². The van der Waals surface area contributed by atoms with Crippen molar-refractivity contribution in [2.45, 2.75) is 44.1 Å². The van der Waals surface area contributed by atoms with Crippen LogP contribution in [0, 0.1) is 0 Å². The Balaban J connectivity index is 1.53. The highest BCUT2D eigenvalue weighted by atomic mass is 15.2. The molecule has 2 aromatic heterocycles. The minimum atomic E-state index is 0.255. The predicted octanol–water partition coefficient (Wildman–Crippen LogP) is 3.13. The molecule has 1 aliphatic carbocycles. The Morgan fingerprint density at radius 2 is 1.96 bits per heavy atom. The van der Waals surface area contributed by atoms with E-state index < -0.39 is 0 Å². The molecule has 6 heteroatoms. The second-order valence-corrected chi connectivity index (χ2v) is 8.00. The number of nitrogens with one attached hydrogen (secondary N) is 1. The van der Waals surface area contributed by atoms with Crippen LogP contribution in [0.1, 0.15) is 49.3 Å². The maximum Gasteiger partial charge on any atom is 0.223 e. The van der Waals surface area contributed by atoms with Crippen LogP contribution >= 0.6 is 0 Å². The van der Waals surface area contributed by atoms with Crippen LogP contribution in [0.5, 0.6) is 0 Å². The molecule has 1 unspecified atom stereocenters. The van der Waals surface area contributed by atoms with Gasteiger partial charge in [0.05, 0.1) is 5.69 Å². The first-order valence-corrected chi connectivity index (χ1v) is 10.1. The fourth-order valence-corrected chi connectivity index (χ4v) is 4.19. The molecule has 1 N–H and O–H groups in total. The summed E-state index contributed by atoms with van der Waals surface area (Å²) in [5.41, 5.74) is 2.36. The maximum atomic E-state index is 4.89. The number of aromatic nitrogens is 3. The zero-order chi connectivity index (χ0) is 18.6. The Labute approximate surface area is 162 Å². The molecule has 2 aromatic rings. The zero-order valence-electron chi connectivity index (χ0n) is 16.4. The molecule has 0 aromatic carbocycles. The van der Waals surface area contributed by atoms with Gasteiger partial charge in [0.25, 0.3) is 0 Å². The molecular weight excluding hydrogens is 336 g/mol. The summed E-state index contributed by atoms with van der Waals surface area (Å²) >= 11 is 0. The zero-order valence-corrected chi connectivity index (χ0v) is 16.4. The molecule has 1 saturated carbocycles. The topological polar surface area (TPSA) is 57.2 Å². The van der Waals surface area contributed by atoms with Gasteiger partial charge >= 0.3 is 0 Å². The molecule has 0 spiro atoms. The van der Waals surface area contributed by atoms with Crippen LogP contribution in [0.4, 0.5) is 11.8 Å². The molecule has 0 amide bonds. The van der Waals surface area contributed by atoms with Crippen molar-refractivity contribution in [3.8, 4) is 0 Å². The molecule has 4 rings (SSSR count). The van der Waals surface area contributed by atoms with Crippen molar-refractivity contribution in [1.29, 1.82) is 0 Å². The number of fused-ring (bicyclic) bond motifs is 1. The maximum absolute atomic E-state index is 4.89. The number of nitrogens with zero attached hydrogens (tertiary/aromatic N) is 5. The van der Waals surface area contributed by atoms with Crippen molar-refractivity contribution >= 4 is 11.8 Å². The molecule has 3 heterocycles. The van der Waals surface area contributed by atoms with Crippen LogP contribution < -0.4 is 10.2 Å². The van der Waals surface area contributed by atoms with Gasteiger partial charge in [-0.05, 0) is 39.1 Å². The van der Waals surface area contributed by atoms with Crippen molar-refractivity contribution in [3.05, 3.63) is 41.9 Å². The van der Waals surface area contributed by atoms with E-state index in [1.54, 1.807) is 0 Å². The van der Waals surface area contributed by atoms with Crippen LogP contribution in [0.3, 0.4) is 0 Å². The van der Waals surface area contributed by atoms with Crippen molar-refractivity contribution < 1.29 is 0 Å². The lowest BCUT2D eigenvalue weighted by molar-refractivity contribution is 0.413. The number of pyridine rings is 1. The van der Waals surface area contributed by atoms with E-state index in [0.717, 1.165) is 37.1 Å². The van der Waals surface area contributed by atoms with Gasteiger partial charge in [-0.15, -0.1) is 0 Å². The van der Waals surface area contributed by atoms with Gasteiger partial charge in [0.2, 0.25) is 5.95 Å². The van der Waals surface area contributed by atoms with Crippen molar-refractivity contribution in [1.82, 2.24) is 19.9 Å². The lowest BCUT2D eigenvalue weighted by Crippen LogP contribution is -2.31. The van der Waals surface area contributed by atoms with Gasteiger partial charge in [-0.2, -0.15) is 0 Å². The lowest BCUT2D eigenvalue weighted by Gasteiger charge is -2.23. The Bertz CT molecular complexity index is 756. The molecule has 1 atom stereocenters. The van der Waals surface area contributed by atoms with Crippen LogP contribution in [-0.4, -0.2) is 59.6 Å². The molecule has 1 aliphatic heterocycles. The standard InChI is InChI=1S/C21H30N6/c1-26(2)13-14-27-15-18(17-9-6-11-22-20(17)27)19-10-12-23-21(25-19)24-16-7-4-3-5-8-16/h6,9-12,16,18H,3-5,7-8,13-15H2,1-2H3,(H,23,24,25). The third-order valence-corrected chi connectivity index (χ3v) is 5.68. The number of hydrogen-bond donors (Lipinski definition) is 1. The quantitative estimate of drug-likeness (QED) is 0.848. The largest absolute Gasteiger partial charge is 0.354 e. The highest BCUT2D eigenvalue weighted by Gasteiger charge is 2.31. The van der Waals surface area contributed by atoms with Crippen LogP contribution in [0.15, 0.2) is 30.6 Å². The molecule has 0 radical (unpaired) electrons. The predicted molar refractivity (Wildman–Crippen MR) is 109 cm³/mol. The average Bonchev–Trinajstić information content (AvgIpc) is 3.06. The van der Waals surface area contributed by atoms with E-state index in [2.05, 4.69) is 51.3 Å². The molecule has 6 nitrogen and oxygen atoms in total. The fraction of sp³-hybridized carbons (Fsp3) is 0.571. The highest BCUT2D eigenvalue weighted by Crippen LogP contribution is 2.37. The Hall–Kier alpha value is -2.21. The van der Waals surface area contributed by atoms with Gasteiger partial charge < -0.3 is 15.1 Å². The molecule has 27 heavy (non-hydrogen) atoms. The minimum Gasteiger partial charge on any atom is -0.354 e.